The maximum Gasteiger partial charge on any atom is 0.304 e. The molecule has 0 amide bonds. The lowest BCUT2D eigenvalue weighted by Crippen LogP contribution is -2.42. The number of carbonyl (C=O) groups excluding carboxylic acids is 1. The van der Waals surface area contributed by atoms with Gasteiger partial charge in [0.1, 0.15) is 0 Å². The van der Waals surface area contributed by atoms with Crippen molar-refractivity contribution in [3.63, 3.8) is 0 Å². The van der Waals surface area contributed by atoms with E-state index in [1.807, 2.05) is 18.2 Å². The zero-order valence-corrected chi connectivity index (χ0v) is 9.56. The third-order valence-corrected chi connectivity index (χ3v) is 2.84. The summed E-state index contributed by atoms with van der Waals surface area (Å²) in [6, 6.07) is 10.1. The van der Waals surface area contributed by atoms with Gasteiger partial charge in [-0.3, -0.25) is 4.79 Å². The number of piperidine rings is 1. The van der Waals surface area contributed by atoms with Crippen molar-refractivity contribution in [1.82, 2.24) is 0 Å². The van der Waals surface area contributed by atoms with E-state index in [-0.39, 0.29) is 12.2 Å². The first-order chi connectivity index (χ1) is 7.77. The van der Waals surface area contributed by atoms with Crippen molar-refractivity contribution in [1.29, 1.82) is 0 Å². The molecule has 16 heavy (non-hydrogen) atoms. The monoisotopic (exact) mass is 219 g/mol. The van der Waals surface area contributed by atoms with E-state index in [0.717, 1.165) is 31.5 Å². The first kappa shape index (κ1) is 11.0. The summed E-state index contributed by atoms with van der Waals surface area (Å²) in [7, 11) is 0. The Labute approximate surface area is 96.0 Å². The van der Waals surface area contributed by atoms with Crippen molar-refractivity contribution < 1.29 is 9.53 Å². The molecule has 0 saturated carbocycles. The molecule has 0 spiro atoms. The van der Waals surface area contributed by atoms with Gasteiger partial charge in [0, 0.05) is 25.6 Å². The summed E-state index contributed by atoms with van der Waals surface area (Å²) >= 11 is 0. The van der Waals surface area contributed by atoms with Gasteiger partial charge in [0.25, 0.3) is 0 Å². The maximum atomic E-state index is 11.0. The van der Waals surface area contributed by atoms with Crippen LogP contribution in [0.5, 0.6) is 0 Å². The molecule has 0 bridgehead atoms. The van der Waals surface area contributed by atoms with Crippen molar-refractivity contribution >= 4 is 11.7 Å². The molecule has 0 N–H and O–H groups in total. The number of carbonyl (C=O) groups is 1. The quantitative estimate of drug-likeness (QED) is 0.716. The van der Waals surface area contributed by atoms with Crippen molar-refractivity contribution in [2.75, 3.05) is 11.4 Å². The minimum Gasteiger partial charge on any atom is -0.442 e. The molecule has 1 unspecified atom stereocenters. The number of hydrogen-bond acceptors (Lipinski definition) is 3. The van der Waals surface area contributed by atoms with Crippen LogP contribution in [0, 0.1) is 0 Å². The van der Waals surface area contributed by atoms with E-state index < -0.39 is 0 Å². The molecule has 1 saturated heterocycles. The lowest BCUT2D eigenvalue weighted by atomic mass is 10.1. The van der Waals surface area contributed by atoms with Crippen molar-refractivity contribution in [2.45, 2.75) is 32.4 Å². The zero-order valence-electron chi connectivity index (χ0n) is 9.56. The van der Waals surface area contributed by atoms with Crippen LogP contribution in [0.2, 0.25) is 0 Å². The Morgan fingerprint density at radius 3 is 2.75 bits per heavy atom. The fourth-order valence-corrected chi connectivity index (χ4v) is 2.13. The molecular weight excluding hydrogens is 202 g/mol. The molecule has 1 fully saturated rings. The van der Waals surface area contributed by atoms with Crippen LogP contribution in [0.25, 0.3) is 0 Å². The molecule has 1 aromatic carbocycles. The molecule has 1 atom stereocenters. The van der Waals surface area contributed by atoms with Gasteiger partial charge < -0.3 is 9.64 Å². The largest absolute Gasteiger partial charge is 0.442 e. The molecule has 1 heterocycles. The molecule has 2 rings (SSSR count). The highest BCUT2D eigenvalue weighted by atomic mass is 16.6. The van der Waals surface area contributed by atoms with E-state index in [1.165, 1.54) is 6.92 Å². The van der Waals surface area contributed by atoms with Crippen LogP contribution in [-0.2, 0) is 9.53 Å². The average Bonchev–Trinajstić information content (AvgIpc) is 2.30. The van der Waals surface area contributed by atoms with Gasteiger partial charge in [-0.15, -0.1) is 0 Å². The van der Waals surface area contributed by atoms with E-state index in [2.05, 4.69) is 17.0 Å². The number of hydrogen-bond donors (Lipinski definition) is 0. The number of anilines is 1. The summed E-state index contributed by atoms with van der Waals surface area (Å²) in [5.74, 6) is -0.201. The van der Waals surface area contributed by atoms with Crippen LogP contribution in [0.15, 0.2) is 30.3 Å². The van der Waals surface area contributed by atoms with Crippen LogP contribution in [-0.4, -0.2) is 18.7 Å². The summed E-state index contributed by atoms with van der Waals surface area (Å²) in [4.78, 5) is 13.2. The first-order valence-corrected chi connectivity index (χ1v) is 5.76. The third kappa shape index (κ3) is 2.54. The lowest BCUT2D eigenvalue weighted by molar-refractivity contribution is -0.147. The molecular formula is C13H17NO2. The standard InChI is InChI=1S/C13H17NO2/c1-11(15)16-13-9-5-6-10-14(13)12-7-3-2-4-8-12/h2-4,7-8,13H,5-6,9-10H2,1H3. The minimum atomic E-state index is -0.201. The van der Waals surface area contributed by atoms with Crippen LogP contribution >= 0.6 is 0 Å². The van der Waals surface area contributed by atoms with E-state index in [1.54, 1.807) is 0 Å². The van der Waals surface area contributed by atoms with Crippen LogP contribution in [0.3, 0.4) is 0 Å². The SMILES string of the molecule is CC(=O)OC1CCCCN1c1ccccc1. The highest BCUT2D eigenvalue weighted by molar-refractivity contribution is 5.66. The van der Waals surface area contributed by atoms with Gasteiger partial charge in [-0.25, -0.2) is 0 Å². The number of nitrogens with zero attached hydrogens (tertiary/aromatic N) is 1. The molecule has 3 heteroatoms. The van der Waals surface area contributed by atoms with Gasteiger partial charge >= 0.3 is 5.97 Å². The number of rotatable bonds is 2. The topological polar surface area (TPSA) is 29.5 Å². The van der Waals surface area contributed by atoms with Gasteiger partial charge in [-0.05, 0) is 25.0 Å². The summed E-state index contributed by atoms with van der Waals surface area (Å²) < 4.78 is 5.35. The van der Waals surface area contributed by atoms with Crippen molar-refractivity contribution in [3.8, 4) is 0 Å². The highest BCUT2D eigenvalue weighted by Crippen LogP contribution is 2.25. The maximum absolute atomic E-state index is 11.0. The van der Waals surface area contributed by atoms with Crippen LogP contribution in [0.1, 0.15) is 26.2 Å². The highest BCUT2D eigenvalue weighted by Gasteiger charge is 2.24. The Morgan fingerprint density at radius 1 is 1.31 bits per heavy atom. The summed E-state index contributed by atoms with van der Waals surface area (Å²) in [6.07, 6.45) is 3.12. The Hall–Kier alpha value is -1.51. The molecule has 1 aliphatic heterocycles. The molecule has 3 nitrogen and oxygen atoms in total. The van der Waals surface area contributed by atoms with Gasteiger partial charge in [0.15, 0.2) is 6.23 Å². The number of esters is 1. The number of para-hydroxylation sites is 1. The second-order valence-corrected chi connectivity index (χ2v) is 4.09. The Bertz CT molecular complexity index is 350. The molecule has 0 aromatic heterocycles. The molecule has 0 aliphatic carbocycles. The lowest BCUT2D eigenvalue weighted by Gasteiger charge is -2.36. The number of benzene rings is 1. The Kier molecular flexibility index (Phi) is 3.44. The van der Waals surface area contributed by atoms with E-state index >= 15 is 0 Å². The summed E-state index contributed by atoms with van der Waals surface area (Å²) in [5.41, 5.74) is 1.13. The number of ether oxygens (including phenoxy) is 1. The predicted octanol–water partition coefficient (Wildman–Crippen LogP) is 2.57. The van der Waals surface area contributed by atoms with Crippen molar-refractivity contribution in [2.24, 2.45) is 0 Å². The summed E-state index contributed by atoms with van der Waals surface area (Å²) in [6.45, 7) is 2.43. The summed E-state index contributed by atoms with van der Waals surface area (Å²) in [5, 5.41) is 0. The van der Waals surface area contributed by atoms with E-state index in [4.69, 9.17) is 4.74 Å². The third-order valence-electron chi connectivity index (χ3n) is 2.84. The van der Waals surface area contributed by atoms with Crippen molar-refractivity contribution in [3.05, 3.63) is 30.3 Å². The second-order valence-electron chi connectivity index (χ2n) is 4.09. The Morgan fingerprint density at radius 2 is 2.06 bits per heavy atom. The van der Waals surface area contributed by atoms with E-state index in [0.29, 0.717) is 0 Å². The smallest absolute Gasteiger partial charge is 0.304 e. The minimum absolute atomic E-state index is 0.0892. The van der Waals surface area contributed by atoms with Crippen LogP contribution in [0.4, 0.5) is 5.69 Å². The fraction of sp³-hybridized carbons (Fsp3) is 0.462. The second kappa shape index (κ2) is 5.01. The molecule has 86 valence electrons. The van der Waals surface area contributed by atoms with Gasteiger partial charge in [-0.1, -0.05) is 18.2 Å². The Balaban J connectivity index is 2.13. The van der Waals surface area contributed by atoms with Gasteiger partial charge in [0.2, 0.25) is 0 Å². The van der Waals surface area contributed by atoms with Crippen LogP contribution < -0.4 is 4.90 Å². The molecule has 1 aromatic rings. The van der Waals surface area contributed by atoms with E-state index in [9.17, 15) is 4.79 Å². The zero-order chi connectivity index (χ0) is 11.4. The normalized spacial score (nSPS) is 20.6. The van der Waals surface area contributed by atoms with Gasteiger partial charge in [-0.2, -0.15) is 0 Å². The fourth-order valence-electron chi connectivity index (χ4n) is 2.13. The predicted molar refractivity (Wildman–Crippen MR) is 63.2 cm³/mol. The molecule has 1 aliphatic rings. The van der Waals surface area contributed by atoms with Gasteiger partial charge in [0.05, 0.1) is 0 Å². The average molecular weight is 219 g/mol. The molecule has 0 radical (unpaired) electrons. The first-order valence-electron chi connectivity index (χ1n) is 5.76.